The number of nitrogens with one attached hydrogen (secondary N) is 2. The number of hydrogen-bond donors (Lipinski definition) is 2. The molecule has 23 heavy (non-hydrogen) atoms. The maximum Gasteiger partial charge on any atom is 0.191 e. The van der Waals surface area contributed by atoms with Gasteiger partial charge < -0.3 is 10.6 Å². The second kappa shape index (κ2) is 9.83. The highest BCUT2D eigenvalue weighted by Gasteiger charge is 2.30. The van der Waals surface area contributed by atoms with Crippen LogP contribution in [0.4, 0.5) is 0 Å². The first-order valence-corrected chi connectivity index (χ1v) is 10.1. The molecule has 0 spiro atoms. The van der Waals surface area contributed by atoms with Crippen LogP contribution in [-0.2, 0) is 16.3 Å². The summed E-state index contributed by atoms with van der Waals surface area (Å²) < 4.78 is 22.6. The van der Waals surface area contributed by atoms with Crippen LogP contribution in [0.5, 0.6) is 0 Å². The van der Waals surface area contributed by atoms with E-state index in [0.29, 0.717) is 18.4 Å². The first-order chi connectivity index (χ1) is 10.2. The molecule has 0 aromatic carbocycles. The van der Waals surface area contributed by atoms with E-state index in [1.54, 1.807) is 32.2 Å². The molecule has 1 heterocycles. The second-order valence-electron chi connectivity index (χ2n) is 6.23. The second-order valence-corrected chi connectivity index (χ2v) is 9.91. The topological polar surface area (TPSA) is 70.6 Å². The number of aliphatic imine (C=N–C) groups is 1. The monoisotopic (exact) mass is 473 g/mol. The summed E-state index contributed by atoms with van der Waals surface area (Å²) in [5, 5.41) is 8.43. The maximum atomic E-state index is 11.7. The van der Waals surface area contributed by atoms with Crippen LogP contribution in [0.1, 0.15) is 25.6 Å². The number of halogens is 1. The largest absolute Gasteiger partial charge is 0.356 e. The minimum absolute atomic E-state index is 0. The van der Waals surface area contributed by atoms with Gasteiger partial charge in [-0.3, -0.25) is 4.99 Å². The zero-order valence-electron chi connectivity index (χ0n) is 14.4. The lowest BCUT2D eigenvalue weighted by molar-refractivity contribution is 0.537. The van der Waals surface area contributed by atoms with E-state index < -0.39 is 14.6 Å². The average Bonchev–Trinajstić information content (AvgIpc) is 2.90. The number of hydrogen-bond acceptors (Lipinski definition) is 4. The summed E-state index contributed by atoms with van der Waals surface area (Å²) in [5.41, 5.74) is 0. The van der Waals surface area contributed by atoms with E-state index in [-0.39, 0.29) is 24.0 Å². The summed E-state index contributed by atoms with van der Waals surface area (Å²) >= 11 is 1.77. The van der Waals surface area contributed by atoms with Gasteiger partial charge in [0, 0.05) is 31.3 Å². The molecule has 0 saturated carbocycles. The van der Waals surface area contributed by atoms with E-state index in [4.69, 9.17) is 0 Å². The Morgan fingerprint density at radius 1 is 1.39 bits per heavy atom. The summed E-state index contributed by atoms with van der Waals surface area (Å²) in [6.07, 6.45) is 2.28. The molecule has 1 aromatic rings. The molecule has 8 heteroatoms. The number of thiophene rings is 1. The third kappa shape index (κ3) is 7.84. The van der Waals surface area contributed by atoms with Gasteiger partial charge in [0.2, 0.25) is 0 Å². The molecule has 1 atom stereocenters. The van der Waals surface area contributed by atoms with Crippen LogP contribution >= 0.6 is 35.3 Å². The predicted octanol–water partition coefficient (Wildman–Crippen LogP) is 2.53. The van der Waals surface area contributed by atoms with E-state index in [2.05, 4.69) is 40.1 Å². The van der Waals surface area contributed by atoms with Crippen LogP contribution in [0.2, 0.25) is 0 Å². The average molecular weight is 473 g/mol. The summed E-state index contributed by atoms with van der Waals surface area (Å²) in [4.78, 5) is 5.52. The van der Waals surface area contributed by atoms with E-state index in [1.165, 1.54) is 11.1 Å². The van der Waals surface area contributed by atoms with E-state index in [9.17, 15) is 8.42 Å². The van der Waals surface area contributed by atoms with Crippen molar-refractivity contribution in [3.8, 4) is 0 Å². The van der Waals surface area contributed by atoms with Crippen molar-refractivity contribution in [2.75, 3.05) is 26.4 Å². The number of sulfone groups is 1. The Morgan fingerprint density at radius 2 is 2.04 bits per heavy atom. The lowest BCUT2D eigenvalue weighted by atomic mass is 10.1. The number of guanidine groups is 1. The van der Waals surface area contributed by atoms with E-state index in [1.807, 2.05) is 0 Å². The predicted molar refractivity (Wildman–Crippen MR) is 111 cm³/mol. The van der Waals surface area contributed by atoms with Gasteiger partial charge in [-0.1, -0.05) is 13.0 Å². The third-order valence-corrected chi connectivity index (χ3v) is 6.71. The summed E-state index contributed by atoms with van der Waals surface area (Å²) in [6.45, 7) is 6.71. The molecule has 5 nitrogen and oxygen atoms in total. The fourth-order valence-corrected chi connectivity index (χ4v) is 2.97. The van der Waals surface area contributed by atoms with Gasteiger partial charge >= 0.3 is 0 Å². The Kier molecular flexibility index (Phi) is 9.68. The molecule has 0 saturated heterocycles. The van der Waals surface area contributed by atoms with Gasteiger partial charge in [-0.25, -0.2) is 8.42 Å². The molecule has 1 aromatic heterocycles. The van der Waals surface area contributed by atoms with Crippen molar-refractivity contribution in [3.63, 3.8) is 0 Å². The van der Waals surface area contributed by atoms with Crippen molar-refractivity contribution >= 4 is 51.1 Å². The Balaban J connectivity index is 0.00000484. The molecule has 2 N–H and O–H groups in total. The number of nitrogens with zero attached hydrogens (tertiary/aromatic N) is 1. The number of rotatable bonds is 7. The molecule has 0 bridgehead atoms. The van der Waals surface area contributed by atoms with Gasteiger partial charge in [0.15, 0.2) is 15.8 Å². The van der Waals surface area contributed by atoms with Gasteiger partial charge in [-0.15, -0.1) is 35.3 Å². The van der Waals surface area contributed by atoms with Gasteiger partial charge in [0.1, 0.15) is 0 Å². The van der Waals surface area contributed by atoms with Crippen LogP contribution in [0.25, 0.3) is 0 Å². The maximum absolute atomic E-state index is 11.7. The van der Waals surface area contributed by atoms with Crippen molar-refractivity contribution in [2.45, 2.75) is 31.9 Å². The normalized spacial score (nSPS) is 14.0. The zero-order valence-corrected chi connectivity index (χ0v) is 18.4. The molecular formula is C15H28IN3O2S2. The van der Waals surface area contributed by atoms with Crippen molar-refractivity contribution in [3.05, 3.63) is 22.4 Å². The summed E-state index contributed by atoms with van der Waals surface area (Å²) in [6, 6.07) is 4.21. The first kappa shape index (κ1) is 22.6. The highest BCUT2D eigenvalue weighted by molar-refractivity contribution is 14.0. The van der Waals surface area contributed by atoms with Crippen molar-refractivity contribution < 1.29 is 8.42 Å². The first-order valence-electron chi connectivity index (χ1n) is 7.32. The van der Waals surface area contributed by atoms with Crippen LogP contribution in [0.15, 0.2) is 22.5 Å². The molecule has 1 rings (SSSR count). The minimum atomic E-state index is -3.12. The quantitative estimate of drug-likeness (QED) is 0.363. The molecule has 134 valence electrons. The van der Waals surface area contributed by atoms with Crippen molar-refractivity contribution in [1.29, 1.82) is 0 Å². The fraction of sp³-hybridized carbons (Fsp3) is 0.667. The molecule has 0 fully saturated rings. The molecule has 0 aliphatic heterocycles. The van der Waals surface area contributed by atoms with Crippen LogP contribution in [-0.4, -0.2) is 45.5 Å². The van der Waals surface area contributed by atoms with Crippen molar-refractivity contribution in [1.82, 2.24) is 10.6 Å². The lowest BCUT2D eigenvalue weighted by Gasteiger charge is -2.24. The smallest absolute Gasteiger partial charge is 0.191 e. The van der Waals surface area contributed by atoms with Crippen molar-refractivity contribution in [2.24, 2.45) is 10.9 Å². The van der Waals surface area contributed by atoms with Gasteiger partial charge in [0.05, 0.1) is 4.75 Å². The van der Waals surface area contributed by atoms with Gasteiger partial charge in [-0.2, -0.15) is 0 Å². The summed E-state index contributed by atoms with van der Waals surface area (Å²) in [5.74, 6) is 1.11. The molecule has 0 amide bonds. The standard InChI is InChI=1S/C15H27N3O2S2.HI/c1-12(9-13-7-6-8-21-13)10-17-14(16-4)18-11-15(2,3)22(5,19)20;/h6-8,12H,9-11H2,1-5H3,(H2,16,17,18);1H. The zero-order chi connectivity index (χ0) is 16.8. The highest BCUT2D eigenvalue weighted by atomic mass is 127. The van der Waals surface area contributed by atoms with Crippen LogP contribution in [0, 0.1) is 5.92 Å². The Labute approximate surface area is 161 Å². The van der Waals surface area contributed by atoms with E-state index in [0.717, 1.165) is 13.0 Å². The Hall–Kier alpha value is -0.350. The van der Waals surface area contributed by atoms with Gasteiger partial charge in [-0.05, 0) is 37.6 Å². The van der Waals surface area contributed by atoms with E-state index >= 15 is 0 Å². The third-order valence-electron chi connectivity index (χ3n) is 3.66. The minimum Gasteiger partial charge on any atom is -0.356 e. The Morgan fingerprint density at radius 3 is 2.52 bits per heavy atom. The lowest BCUT2D eigenvalue weighted by Crippen LogP contribution is -2.48. The van der Waals surface area contributed by atoms with Gasteiger partial charge in [0.25, 0.3) is 0 Å². The molecule has 0 radical (unpaired) electrons. The van der Waals surface area contributed by atoms with Crippen LogP contribution < -0.4 is 10.6 Å². The van der Waals surface area contributed by atoms with Crippen LogP contribution in [0.3, 0.4) is 0 Å². The molecule has 0 aliphatic carbocycles. The molecule has 0 aliphatic rings. The Bertz CT molecular complexity index is 584. The SMILES string of the molecule is CN=C(NCC(C)Cc1cccs1)NCC(C)(C)S(C)(=O)=O.I. The fourth-order valence-electron chi connectivity index (χ4n) is 1.76. The summed E-state index contributed by atoms with van der Waals surface area (Å²) in [7, 11) is -1.43. The molecular weight excluding hydrogens is 445 g/mol. The molecule has 1 unspecified atom stereocenters. The highest BCUT2D eigenvalue weighted by Crippen LogP contribution is 2.14.